The molecule has 0 spiro atoms. The van der Waals surface area contributed by atoms with E-state index in [1.165, 1.54) is 0 Å². The van der Waals surface area contributed by atoms with Crippen molar-refractivity contribution in [3.05, 3.63) is 59.2 Å². The molecule has 1 aliphatic heterocycles. The lowest BCUT2D eigenvalue weighted by Crippen LogP contribution is -2.25. The van der Waals surface area contributed by atoms with Crippen LogP contribution in [0.2, 0.25) is 0 Å². The number of carbonyl (C=O) groups excluding carboxylic acids is 2. The lowest BCUT2D eigenvalue weighted by molar-refractivity contribution is -0.120. The van der Waals surface area contributed by atoms with Gasteiger partial charge in [0.2, 0.25) is 11.8 Å². The number of rotatable bonds is 4. The molecule has 0 fully saturated rings. The number of hydrogen-bond acceptors (Lipinski definition) is 3. The van der Waals surface area contributed by atoms with Crippen LogP contribution in [0.1, 0.15) is 23.1 Å². The zero-order chi connectivity index (χ0) is 16.9. The highest BCUT2D eigenvalue weighted by Crippen LogP contribution is 2.28. The molecular formula is C19H20N2O3. The Labute approximate surface area is 141 Å². The van der Waals surface area contributed by atoms with Crippen molar-refractivity contribution < 1.29 is 14.3 Å². The summed E-state index contributed by atoms with van der Waals surface area (Å²) in [6.07, 6.45) is 0.593. The largest absolute Gasteiger partial charge is 0.491 e. The van der Waals surface area contributed by atoms with Gasteiger partial charge >= 0.3 is 0 Å². The number of carbonyl (C=O) groups is 2. The molecule has 0 saturated carbocycles. The van der Waals surface area contributed by atoms with E-state index in [0.717, 1.165) is 16.7 Å². The standard InChI is InChI=1S/C19H20N2O3/c1-13-4-2-3-5-15(13)12-20-19(23)11-14-6-7-17-16(10-14)21-18(22)8-9-24-17/h2-7,10H,8-9,11-12H2,1H3,(H,20,23)(H,21,22). The third-order valence-electron chi connectivity index (χ3n) is 4.01. The summed E-state index contributed by atoms with van der Waals surface area (Å²) in [4.78, 5) is 23.8. The first-order chi connectivity index (χ1) is 11.6. The number of amides is 2. The molecule has 3 rings (SSSR count). The number of benzene rings is 2. The summed E-state index contributed by atoms with van der Waals surface area (Å²) in [7, 11) is 0. The van der Waals surface area contributed by atoms with Crippen LogP contribution < -0.4 is 15.4 Å². The van der Waals surface area contributed by atoms with E-state index in [2.05, 4.69) is 10.6 Å². The van der Waals surface area contributed by atoms with E-state index in [1.54, 1.807) is 12.1 Å². The number of aryl methyl sites for hydroxylation is 1. The second kappa shape index (κ2) is 7.17. The van der Waals surface area contributed by atoms with E-state index in [1.807, 2.05) is 37.3 Å². The van der Waals surface area contributed by atoms with Gasteiger partial charge in [0.25, 0.3) is 0 Å². The molecule has 24 heavy (non-hydrogen) atoms. The van der Waals surface area contributed by atoms with Gasteiger partial charge in [-0.25, -0.2) is 0 Å². The van der Waals surface area contributed by atoms with Crippen molar-refractivity contribution in [3.8, 4) is 5.75 Å². The summed E-state index contributed by atoms with van der Waals surface area (Å²) >= 11 is 0. The van der Waals surface area contributed by atoms with Gasteiger partial charge in [0.15, 0.2) is 0 Å². The van der Waals surface area contributed by atoms with Crippen molar-refractivity contribution in [2.45, 2.75) is 26.3 Å². The molecular weight excluding hydrogens is 304 g/mol. The Hall–Kier alpha value is -2.82. The Morgan fingerprint density at radius 2 is 2.08 bits per heavy atom. The van der Waals surface area contributed by atoms with Crippen LogP contribution in [-0.4, -0.2) is 18.4 Å². The van der Waals surface area contributed by atoms with Gasteiger partial charge < -0.3 is 15.4 Å². The highest BCUT2D eigenvalue weighted by atomic mass is 16.5. The molecule has 124 valence electrons. The lowest BCUT2D eigenvalue weighted by Gasteiger charge is -2.10. The van der Waals surface area contributed by atoms with E-state index >= 15 is 0 Å². The fourth-order valence-corrected chi connectivity index (χ4v) is 2.63. The molecule has 0 bridgehead atoms. The summed E-state index contributed by atoms with van der Waals surface area (Å²) in [5, 5.41) is 5.74. The zero-order valence-corrected chi connectivity index (χ0v) is 13.6. The molecule has 5 heteroatoms. The summed E-state index contributed by atoms with van der Waals surface area (Å²) in [6, 6.07) is 13.4. The van der Waals surface area contributed by atoms with Gasteiger partial charge in [-0.2, -0.15) is 0 Å². The predicted octanol–water partition coefficient (Wildman–Crippen LogP) is 2.57. The molecule has 0 radical (unpaired) electrons. The smallest absolute Gasteiger partial charge is 0.227 e. The molecule has 0 saturated heterocycles. The zero-order valence-electron chi connectivity index (χ0n) is 13.6. The normalized spacial score (nSPS) is 13.3. The van der Waals surface area contributed by atoms with Gasteiger partial charge in [-0.1, -0.05) is 30.3 Å². The predicted molar refractivity (Wildman–Crippen MR) is 91.9 cm³/mol. The fraction of sp³-hybridized carbons (Fsp3) is 0.263. The van der Waals surface area contributed by atoms with Gasteiger partial charge in [-0.15, -0.1) is 0 Å². The van der Waals surface area contributed by atoms with Crippen LogP contribution in [0.3, 0.4) is 0 Å². The molecule has 0 atom stereocenters. The Balaban J connectivity index is 1.62. The molecule has 2 aromatic carbocycles. The Morgan fingerprint density at radius 1 is 1.25 bits per heavy atom. The van der Waals surface area contributed by atoms with Crippen LogP contribution in [0.5, 0.6) is 5.75 Å². The summed E-state index contributed by atoms with van der Waals surface area (Å²) in [5.74, 6) is 0.513. The first-order valence-electron chi connectivity index (χ1n) is 7.98. The molecule has 5 nitrogen and oxygen atoms in total. The molecule has 1 aliphatic rings. The fourth-order valence-electron chi connectivity index (χ4n) is 2.63. The summed E-state index contributed by atoms with van der Waals surface area (Å²) in [6.45, 7) is 2.90. The molecule has 1 heterocycles. The maximum Gasteiger partial charge on any atom is 0.227 e. The molecule has 2 N–H and O–H groups in total. The summed E-state index contributed by atoms with van der Waals surface area (Å²) in [5.41, 5.74) is 3.72. The van der Waals surface area contributed by atoms with Gasteiger partial charge in [0.1, 0.15) is 5.75 Å². The molecule has 0 aliphatic carbocycles. The highest BCUT2D eigenvalue weighted by molar-refractivity contribution is 5.93. The molecule has 0 unspecified atom stereocenters. The maximum atomic E-state index is 12.2. The van der Waals surface area contributed by atoms with Crippen LogP contribution >= 0.6 is 0 Å². The monoisotopic (exact) mass is 324 g/mol. The Bertz CT molecular complexity index is 771. The molecule has 2 amide bonds. The van der Waals surface area contributed by atoms with Gasteiger partial charge in [0, 0.05) is 6.54 Å². The Kier molecular flexibility index (Phi) is 4.79. The van der Waals surface area contributed by atoms with Gasteiger partial charge in [0.05, 0.1) is 25.1 Å². The molecule has 0 aromatic heterocycles. The van der Waals surface area contributed by atoms with Crippen molar-refractivity contribution >= 4 is 17.5 Å². The van der Waals surface area contributed by atoms with Gasteiger partial charge in [-0.05, 0) is 35.7 Å². The third-order valence-corrected chi connectivity index (χ3v) is 4.01. The first kappa shape index (κ1) is 16.1. The van der Waals surface area contributed by atoms with E-state index in [4.69, 9.17) is 4.74 Å². The van der Waals surface area contributed by atoms with E-state index in [-0.39, 0.29) is 18.2 Å². The van der Waals surface area contributed by atoms with Crippen molar-refractivity contribution in [3.63, 3.8) is 0 Å². The van der Waals surface area contributed by atoms with Crippen LogP contribution in [0.15, 0.2) is 42.5 Å². The number of nitrogens with one attached hydrogen (secondary N) is 2. The van der Waals surface area contributed by atoms with Crippen LogP contribution in [0.25, 0.3) is 0 Å². The van der Waals surface area contributed by atoms with Crippen molar-refractivity contribution in [1.29, 1.82) is 0 Å². The van der Waals surface area contributed by atoms with Crippen LogP contribution in [0, 0.1) is 6.92 Å². The summed E-state index contributed by atoms with van der Waals surface area (Å²) < 4.78 is 5.51. The topological polar surface area (TPSA) is 67.4 Å². The average Bonchev–Trinajstić information content (AvgIpc) is 2.74. The van der Waals surface area contributed by atoms with Crippen molar-refractivity contribution in [2.75, 3.05) is 11.9 Å². The minimum atomic E-state index is -0.0742. The Morgan fingerprint density at radius 3 is 2.92 bits per heavy atom. The van der Waals surface area contributed by atoms with Crippen molar-refractivity contribution in [2.24, 2.45) is 0 Å². The second-order valence-corrected chi connectivity index (χ2v) is 5.86. The van der Waals surface area contributed by atoms with E-state index in [9.17, 15) is 9.59 Å². The number of fused-ring (bicyclic) bond motifs is 1. The minimum absolute atomic E-state index is 0.0564. The second-order valence-electron chi connectivity index (χ2n) is 5.86. The minimum Gasteiger partial charge on any atom is -0.491 e. The number of anilines is 1. The van der Waals surface area contributed by atoms with E-state index < -0.39 is 0 Å². The number of ether oxygens (including phenoxy) is 1. The van der Waals surface area contributed by atoms with Crippen molar-refractivity contribution in [1.82, 2.24) is 5.32 Å². The van der Waals surface area contributed by atoms with E-state index in [0.29, 0.717) is 31.0 Å². The third kappa shape index (κ3) is 3.93. The van der Waals surface area contributed by atoms with Crippen LogP contribution in [0.4, 0.5) is 5.69 Å². The van der Waals surface area contributed by atoms with Gasteiger partial charge in [-0.3, -0.25) is 9.59 Å². The maximum absolute atomic E-state index is 12.2. The average molecular weight is 324 g/mol. The SMILES string of the molecule is Cc1ccccc1CNC(=O)Cc1ccc2c(c1)NC(=O)CCO2. The first-order valence-corrected chi connectivity index (χ1v) is 7.98. The highest BCUT2D eigenvalue weighted by Gasteiger charge is 2.15. The molecule has 2 aromatic rings. The quantitative estimate of drug-likeness (QED) is 0.908. The number of hydrogen-bond donors (Lipinski definition) is 2. The lowest BCUT2D eigenvalue weighted by atomic mass is 10.1. The van der Waals surface area contributed by atoms with Crippen LogP contribution in [-0.2, 0) is 22.6 Å².